The Kier molecular flexibility index (Phi) is 2.02. The summed E-state index contributed by atoms with van der Waals surface area (Å²) in [5, 5.41) is 0. The number of rotatable bonds is 2. The molecule has 4 N–H and O–H groups in total. The van der Waals surface area contributed by atoms with E-state index >= 15 is 0 Å². The molecule has 7 heavy (non-hydrogen) atoms. The molecule has 0 radical (unpaired) electrons. The number of nitrogens with two attached hydrogens (primary N) is 2. The van der Waals surface area contributed by atoms with Crippen LogP contribution >= 0.6 is 7.67 Å². The van der Waals surface area contributed by atoms with Gasteiger partial charge < -0.3 is 4.52 Å². The average Bonchev–Trinajstić information content (AvgIpc) is 1.30. The highest BCUT2D eigenvalue weighted by atomic mass is 31.2. The summed E-state index contributed by atoms with van der Waals surface area (Å²) in [5.74, 6) is 0. The Morgan fingerprint density at radius 2 is 2.14 bits per heavy atom. The third-order valence-electron chi connectivity index (χ3n) is 0.239. The van der Waals surface area contributed by atoms with Crippen molar-refractivity contribution in [3.05, 3.63) is 12.8 Å². The molecular weight excluding hydrogens is 115 g/mol. The Morgan fingerprint density at radius 3 is 2.14 bits per heavy atom. The van der Waals surface area contributed by atoms with Crippen LogP contribution in [-0.4, -0.2) is 0 Å². The molecule has 0 aliphatic rings. The number of hydrogen-bond acceptors (Lipinski definition) is 2. The van der Waals surface area contributed by atoms with Gasteiger partial charge in [0.15, 0.2) is 0 Å². The van der Waals surface area contributed by atoms with Crippen LogP contribution in [0.5, 0.6) is 0 Å². The summed E-state index contributed by atoms with van der Waals surface area (Å²) in [6.45, 7) is 3.09. The van der Waals surface area contributed by atoms with E-state index < -0.39 is 7.67 Å². The molecule has 0 aliphatic heterocycles. The average molecular weight is 122 g/mol. The lowest BCUT2D eigenvalue weighted by molar-refractivity contribution is 0.443. The Bertz CT molecular complexity index is 106. The van der Waals surface area contributed by atoms with Gasteiger partial charge in [-0.3, -0.25) is 0 Å². The minimum atomic E-state index is -3.28. The summed E-state index contributed by atoms with van der Waals surface area (Å²) in [7, 11) is -3.28. The van der Waals surface area contributed by atoms with E-state index in [0.717, 1.165) is 6.26 Å². The summed E-state index contributed by atoms with van der Waals surface area (Å²) < 4.78 is 14.2. The first kappa shape index (κ1) is 6.69. The zero-order valence-corrected chi connectivity index (χ0v) is 4.60. The van der Waals surface area contributed by atoms with Crippen molar-refractivity contribution in [1.29, 1.82) is 0 Å². The van der Waals surface area contributed by atoms with Crippen LogP contribution in [0.3, 0.4) is 0 Å². The van der Waals surface area contributed by atoms with E-state index in [1.54, 1.807) is 0 Å². The van der Waals surface area contributed by atoms with Crippen LogP contribution in [0.1, 0.15) is 0 Å². The largest absolute Gasteiger partial charge is 0.431 e. The zero-order valence-electron chi connectivity index (χ0n) is 3.70. The maximum absolute atomic E-state index is 10.1. The topological polar surface area (TPSA) is 78.3 Å². The van der Waals surface area contributed by atoms with Gasteiger partial charge in [-0.25, -0.2) is 15.6 Å². The lowest BCUT2D eigenvalue weighted by Crippen LogP contribution is -2.04. The molecule has 5 heteroatoms. The van der Waals surface area contributed by atoms with Gasteiger partial charge in [-0.05, 0) is 0 Å². The van der Waals surface area contributed by atoms with Gasteiger partial charge in [0.1, 0.15) is 0 Å². The lowest BCUT2D eigenvalue weighted by Gasteiger charge is -2.00. The van der Waals surface area contributed by atoms with Crippen LogP contribution in [0.4, 0.5) is 0 Å². The van der Waals surface area contributed by atoms with Crippen molar-refractivity contribution in [2.24, 2.45) is 11.0 Å². The van der Waals surface area contributed by atoms with Gasteiger partial charge in [0.05, 0.1) is 6.26 Å². The molecule has 42 valence electrons. The zero-order chi connectivity index (χ0) is 5.91. The molecule has 4 nitrogen and oxygen atoms in total. The van der Waals surface area contributed by atoms with Gasteiger partial charge in [-0.1, -0.05) is 6.58 Å². The van der Waals surface area contributed by atoms with Gasteiger partial charge >= 0.3 is 7.67 Å². The summed E-state index contributed by atoms with van der Waals surface area (Å²) in [4.78, 5) is 0. The maximum Gasteiger partial charge on any atom is 0.384 e. The Balaban J connectivity index is 3.57. The smallest absolute Gasteiger partial charge is 0.384 e. The van der Waals surface area contributed by atoms with Crippen LogP contribution in [0.2, 0.25) is 0 Å². The SMILES string of the molecule is C=COP(N)(N)=O. The highest BCUT2D eigenvalue weighted by Gasteiger charge is 2.03. The molecule has 0 spiro atoms. The fourth-order valence-corrected chi connectivity index (χ4v) is 0.349. The molecule has 0 aromatic carbocycles. The maximum atomic E-state index is 10.1. The number of hydrogen-bond donors (Lipinski definition) is 2. The predicted octanol–water partition coefficient (Wildman–Crippen LogP) is 0.172. The van der Waals surface area contributed by atoms with Crippen molar-refractivity contribution in [2.45, 2.75) is 0 Å². The van der Waals surface area contributed by atoms with Crippen molar-refractivity contribution >= 4 is 7.67 Å². The highest BCUT2D eigenvalue weighted by Crippen LogP contribution is 2.25. The predicted molar refractivity (Wildman–Crippen MR) is 27.3 cm³/mol. The molecule has 0 amide bonds. The van der Waals surface area contributed by atoms with E-state index in [1.807, 2.05) is 0 Å². The van der Waals surface area contributed by atoms with Gasteiger partial charge in [-0.15, -0.1) is 0 Å². The molecule has 0 rings (SSSR count). The minimum absolute atomic E-state index is 0.945. The monoisotopic (exact) mass is 122 g/mol. The highest BCUT2D eigenvalue weighted by molar-refractivity contribution is 7.53. The van der Waals surface area contributed by atoms with Crippen LogP contribution in [0, 0.1) is 0 Å². The third kappa shape index (κ3) is 5.69. The molecule has 0 aromatic rings. The van der Waals surface area contributed by atoms with Crippen molar-refractivity contribution in [2.75, 3.05) is 0 Å². The minimum Gasteiger partial charge on any atom is -0.431 e. The Hall–Kier alpha value is -0.310. The van der Waals surface area contributed by atoms with E-state index in [-0.39, 0.29) is 0 Å². The van der Waals surface area contributed by atoms with Gasteiger partial charge in [0.25, 0.3) is 0 Å². The van der Waals surface area contributed by atoms with Crippen LogP contribution in [0.25, 0.3) is 0 Å². The Labute approximate surface area is 41.7 Å². The quantitative estimate of drug-likeness (QED) is 0.404. The fourth-order valence-electron chi connectivity index (χ4n) is 0.116. The van der Waals surface area contributed by atoms with Gasteiger partial charge in [0, 0.05) is 0 Å². The summed E-state index contributed by atoms with van der Waals surface area (Å²) in [6, 6.07) is 0. The normalized spacial score (nSPS) is 10.6. The molecule has 0 bridgehead atoms. The lowest BCUT2D eigenvalue weighted by atomic mass is 11.2. The van der Waals surface area contributed by atoms with Crippen molar-refractivity contribution in [3.63, 3.8) is 0 Å². The van der Waals surface area contributed by atoms with E-state index in [2.05, 4.69) is 22.1 Å². The molecule has 0 saturated heterocycles. The second-order valence-electron chi connectivity index (χ2n) is 0.917. The molecule has 0 aliphatic carbocycles. The van der Waals surface area contributed by atoms with E-state index in [1.165, 1.54) is 0 Å². The molecule has 0 heterocycles. The van der Waals surface area contributed by atoms with Crippen molar-refractivity contribution in [3.8, 4) is 0 Å². The third-order valence-corrected chi connectivity index (χ3v) is 0.718. The Morgan fingerprint density at radius 1 is 1.71 bits per heavy atom. The van der Waals surface area contributed by atoms with E-state index in [9.17, 15) is 4.57 Å². The van der Waals surface area contributed by atoms with Crippen molar-refractivity contribution < 1.29 is 9.09 Å². The van der Waals surface area contributed by atoms with Crippen molar-refractivity contribution in [1.82, 2.24) is 0 Å². The second-order valence-corrected chi connectivity index (χ2v) is 2.42. The fraction of sp³-hybridized carbons (Fsp3) is 0. The molecular formula is C2H7N2O2P. The van der Waals surface area contributed by atoms with Gasteiger partial charge in [0.2, 0.25) is 0 Å². The molecule has 0 aromatic heterocycles. The molecule has 0 saturated carbocycles. The standard InChI is InChI=1S/C2H7N2O2P/c1-2-6-7(3,4)5/h2H,1H2,(H4,3,4,5). The summed E-state index contributed by atoms with van der Waals surface area (Å²) >= 11 is 0. The van der Waals surface area contributed by atoms with Crippen LogP contribution < -0.4 is 11.0 Å². The van der Waals surface area contributed by atoms with Crippen LogP contribution in [0.15, 0.2) is 12.8 Å². The molecule has 0 fully saturated rings. The van der Waals surface area contributed by atoms with Crippen LogP contribution in [-0.2, 0) is 9.09 Å². The summed E-state index contributed by atoms with van der Waals surface area (Å²) in [5.41, 5.74) is 9.37. The first-order valence-corrected chi connectivity index (χ1v) is 3.29. The first-order chi connectivity index (χ1) is 3.06. The first-order valence-electron chi connectivity index (χ1n) is 1.53. The van der Waals surface area contributed by atoms with E-state index in [0.29, 0.717) is 0 Å². The van der Waals surface area contributed by atoms with Gasteiger partial charge in [-0.2, -0.15) is 0 Å². The summed E-state index contributed by atoms with van der Waals surface area (Å²) in [6.07, 6.45) is 0.945. The second kappa shape index (κ2) is 2.12. The molecule has 0 unspecified atom stereocenters. The van der Waals surface area contributed by atoms with E-state index in [4.69, 9.17) is 0 Å². The molecule has 0 atom stereocenters.